The summed E-state index contributed by atoms with van der Waals surface area (Å²) in [5.41, 5.74) is 0. The van der Waals surface area contributed by atoms with E-state index in [0.29, 0.717) is 12.3 Å². The molecule has 1 aliphatic rings. The average Bonchev–Trinajstić information content (AvgIpc) is 2.37. The largest absolute Gasteiger partial charge is 0.315 e. The van der Waals surface area contributed by atoms with Crippen LogP contribution in [0.15, 0.2) is 0 Å². The Morgan fingerprint density at radius 1 is 1.55 bits per heavy atom. The lowest BCUT2D eigenvalue weighted by molar-refractivity contribution is 0.581. The van der Waals surface area contributed by atoms with Gasteiger partial charge < -0.3 is 5.32 Å². The van der Waals surface area contributed by atoms with Crippen LogP contribution in [0.2, 0.25) is 0 Å². The topological polar surface area (TPSA) is 46.2 Å². The van der Waals surface area contributed by atoms with Crippen molar-refractivity contribution in [3.05, 3.63) is 0 Å². The molecule has 0 aromatic rings. The number of hydrogen-bond acceptors (Lipinski definition) is 3. The molecule has 4 heteroatoms. The summed E-state index contributed by atoms with van der Waals surface area (Å²) in [5, 5.41) is 2.95. The van der Waals surface area contributed by atoms with Gasteiger partial charge in [-0.25, -0.2) is 8.42 Å². The van der Waals surface area contributed by atoms with E-state index in [4.69, 9.17) is 0 Å². The van der Waals surface area contributed by atoms with Crippen LogP contribution in [0.3, 0.4) is 0 Å². The van der Waals surface area contributed by atoms with Gasteiger partial charge in [0, 0.05) is 6.54 Å². The summed E-state index contributed by atoms with van der Waals surface area (Å²) < 4.78 is 22.8. The lowest BCUT2D eigenvalue weighted by atomic mass is 10.4. The normalized spacial score (nSPS) is 25.7. The van der Waals surface area contributed by atoms with Crippen molar-refractivity contribution in [2.45, 2.75) is 25.0 Å². The minimum Gasteiger partial charge on any atom is -0.315 e. The summed E-state index contributed by atoms with van der Waals surface area (Å²) in [6.45, 7) is 3.41. The summed E-state index contributed by atoms with van der Waals surface area (Å²) in [4.78, 5) is 0. The molecule has 1 unspecified atom stereocenters. The van der Waals surface area contributed by atoms with Crippen molar-refractivity contribution in [1.82, 2.24) is 5.32 Å². The van der Waals surface area contributed by atoms with Crippen molar-refractivity contribution < 1.29 is 8.42 Å². The molecule has 1 aliphatic heterocycles. The Hall–Kier alpha value is -0.0900. The van der Waals surface area contributed by atoms with E-state index in [1.807, 2.05) is 6.92 Å². The highest BCUT2D eigenvalue weighted by molar-refractivity contribution is 7.92. The van der Waals surface area contributed by atoms with Crippen LogP contribution in [0.4, 0.5) is 0 Å². The number of rotatable bonds is 3. The minimum atomic E-state index is -2.77. The van der Waals surface area contributed by atoms with Gasteiger partial charge in [0.05, 0.1) is 11.0 Å². The molecule has 1 saturated heterocycles. The molecule has 66 valence electrons. The molecular weight excluding hydrogens is 162 g/mol. The maximum atomic E-state index is 11.4. The van der Waals surface area contributed by atoms with Crippen LogP contribution >= 0.6 is 0 Å². The molecule has 0 saturated carbocycles. The summed E-state index contributed by atoms with van der Waals surface area (Å²) >= 11 is 0. The van der Waals surface area contributed by atoms with Crippen molar-refractivity contribution in [1.29, 1.82) is 0 Å². The fraction of sp³-hybridized carbons (Fsp3) is 1.00. The van der Waals surface area contributed by atoms with E-state index in [9.17, 15) is 8.42 Å². The molecule has 1 fully saturated rings. The van der Waals surface area contributed by atoms with Gasteiger partial charge in [0.2, 0.25) is 0 Å². The second-order valence-corrected chi connectivity index (χ2v) is 5.38. The van der Waals surface area contributed by atoms with E-state index in [0.717, 1.165) is 19.4 Å². The highest BCUT2D eigenvalue weighted by Crippen LogP contribution is 2.11. The van der Waals surface area contributed by atoms with Gasteiger partial charge in [-0.2, -0.15) is 0 Å². The van der Waals surface area contributed by atoms with Crippen LogP contribution in [0.1, 0.15) is 19.8 Å². The van der Waals surface area contributed by atoms with Crippen LogP contribution in [0.25, 0.3) is 0 Å². The van der Waals surface area contributed by atoms with E-state index in [1.165, 1.54) is 0 Å². The molecule has 0 aromatic heterocycles. The van der Waals surface area contributed by atoms with Crippen LogP contribution < -0.4 is 5.32 Å². The first-order chi connectivity index (χ1) is 5.17. The lowest BCUT2D eigenvalue weighted by Crippen LogP contribution is -2.25. The fourth-order valence-corrected chi connectivity index (χ4v) is 3.14. The van der Waals surface area contributed by atoms with E-state index in [1.54, 1.807) is 0 Å². The molecule has 0 aliphatic carbocycles. The van der Waals surface area contributed by atoms with Gasteiger partial charge in [-0.3, -0.25) is 0 Å². The third-order valence-electron chi connectivity index (χ3n) is 2.01. The molecule has 0 spiro atoms. The summed E-state index contributed by atoms with van der Waals surface area (Å²) in [5.74, 6) is 0.347. The minimum absolute atomic E-state index is 0.109. The van der Waals surface area contributed by atoms with Crippen molar-refractivity contribution >= 4 is 9.84 Å². The smallest absolute Gasteiger partial charge is 0.154 e. The molecule has 0 amide bonds. The molecule has 0 aromatic carbocycles. The quantitative estimate of drug-likeness (QED) is 0.668. The predicted octanol–water partition coefficient (Wildman–Crippen LogP) is 0.173. The molecule has 1 atom stereocenters. The molecule has 3 nitrogen and oxygen atoms in total. The Bertz CT molecular complexity index is 204. The predicted molar refractivity (Wildman–Crippen MR) is 45.4 cm³/mol. The SMILES string of the molecule is CCCS(=O)(=O)C1CCNC1. The summed E-state index contributed by atoms with van der Waals surface area (Å²) in [6.07, 6.45) is 1.53. The Labute approximate surface area is 68.1 Å². The summed E-state index contributed by atoms with van der Waals surface area (Å²) in [6, 6.07) is 0. The van der Waals surface area contributed by atoms with Crippen LogP contribution in [0, 0.1) is 0 Å². The molecule has 1 heterocycles. The van der Waals surface area contributed by atoms with E-state index in [2.05, 4.69) is 5.32 Å². The number of nitrogens with one attached hydrogen (secondary N) is 1. The highest BCUT2D eigenvalue weighted by atomic mass is 32.2. The monoisotopic (exact) mass is 177 g/mol. The van der Waals surface area contributed by atoms with Crippen molar-refractivity contribution in [2.24, 2.45) is 0 Å². The second-order valence-electron chi connectivity index (χ2n) is 2.98. The van der Waals surface area contributed by atoms with Crippen LogP contribution in [0.5, 0.6) is 0 Å². The number of hydrogen-bond donors (Lipinski definition) is 1. The van der Waals surface area contributed by atoms with E-state index >= 15 is 0 Å². The Morgan fingerprint density at radius 2 is 2.27 bits per heavy atom. The average molecular weight is 177 g/mol. The lowest BCUT2D eigenvalue weighted by Gasteiger charge is -2.07. The third-order valence-corrected chi connectivity index (χ3v) is 4.41. The zero-order valence-electron chi connectivity index (χ0n) is 6.84. The molecule has 11 heavy (non-hydrogen) atoms. The van der Waals surface area contributed by atoms with Crippen molar-refractivity contribution in [3.8, 4) is 0 Å². The molecule has 0 radical (unpaired) electrons. The van der Waals surface area contributed by atoms with Crippen molar-refractivity contribution in [2.75, 3.05) is 18.8 Å². The van der Waals surface area contributed by atoms with Gasteiger partial charge in [0.15, 0.2) is 9.84 Å². The van der Waals surface area contributed by atoms with Gasteiger partial charge in [-0.15, -0.1) is 0 Å². The first-order valence-corrected chi connectivity index (χ1v) is 5.80. The third kappa shape index (κ3) is 2.17. The molecule has 1 N–H and O–H groups in total. The number of sulfone groups is 1. The Morgan fingerprint density at radius 3 is 2.73 bits per heavy atom. The fourth-order valence-electron chi connectivity index (χ4n) is 1.39. The van der Waals surface area contributed by atoms with Gasteiger partial charge in [-0.05, 0) is 19.4 Å². The van der Waals surface area contributed by atoms with Crippen molar-refractivity contribution in [3.63, 3.8) is 0 Å². The molecular formula is C7H15NO2S. The maximum Gasteiger partial charge on any atom is 0.154 e. The van der Waals surface area contributed by atoms with E-state index in [-0.39, 0.29) is 5.25 Å². The van der Waals surface area contributed by atoms with Crippen LogP contribution in [-0.2, 0) is 9.84 Å². The standard InChI is InChI=1S/C7H15NO2S/c1-2-5-11(9,10)7-3-4-8-6-7/h7-8H,2-6H2,1H3. The molecule has 1 rings (SSSR count). The Balaban J connectivity index is 2.56. The van der Waals surface area contributed by atoms with Gasteiger partial charge in [0.1, 0.15) is 0 Å². The summed E-state index contributed by atoms with van der Waals surface area (Å²) in [7, 11) is -2.77. The second kappa shape index (κ2) is 3.54. The van der Waals surface area contributed by atoms with Gasteiger partial charge >= 0.3 is 0 Å². The zero-order valence-corrected chi connectivity index (χ0v) is 7.65. The first kappa shape index (κ1) is 9.00. The van der Waals surface area contributed by atoms with Crippen LogP contribution in [-0.4, -0.2) is 32.5 Å². The maximum absolute atomic E-state index is 11.4. The van der Waals surface area contributed by atoms with Gasteiger partial charge in [-0.1, -0.05) is 6.92 Å². The molecule has 0 bridgehead atoms. The zero-order chi connectivity index (χ0) is 8.32. The Kier molecular flexibility index (Phi) is 2.90. The first-order valence-electron chi connectivity index (χ1n) is 4.09. The van der Waals surface area contributed by atoms with Gasteiger partial charge in [0.25, 0.3) is 0 Å². The van der Waals surface area contributed by atoms with E-state index < -0.39 is 9.84 Å². The highest BCUT2D eigenvalue weighted by Gasteiger charge is 2.27.